The molecule has 0 bridgehead atoms. The number of carbonyl (C=O) groups excluding carboxylic acids is 1. The second kappa shape index (κ2) is 11.6. The van der Waals surface area contributed by atoms with Crippen molar-refractivity contribution in [2.24, 2.45) is 5.92 Å². The van der Waals surface area contributed by atoms with Gasteiger partial charge in [-0.25, -0.2) is 0 Å². The number of rotatable bonds is 10. The number of methoxy groups -OCH3 is 1. The van der Waals surface area contributed by atoms with E-state index in [1.54, 1.807) is 7.11 Å². The van der Waals surface area contributed by atoms with Crippen LogP contribution in [-0.4, -0.2) is 33.4 Å². The van der Waals surface area contributed by atoms with Gasteiger partial charge >= 0.3 is 0 Å². The number of nitrogens with zero attached hydrogens (tertiary/aromatic N) is 3. The average molecular weight is 500 g/mol. The SMILES string of the molecule is COc1ccc(-c2nnc(SCC(=O)C(c3ccccc3)C(C)C)n2-c2ccccc2C(C)C)cc1. The number of carbonyl (C=O) groups is 1. The molecule has 0 aliphatic carbocycles. The molecule has 0 saturated heterocycles. The molecule has 1 aromatic heterocycles. The first-order chi connectivity index (χ1) is 17.4. The summed E-state index contributed by atoms with van der Waals surface area (Å²) in [5.74, 6) is 2.41. The first kappa shape index (κ1) is 25.7. The van der Waals surface area contributed by atoms with E-state index in [1.807, 2.05) is 60.7 Å². The van der Waals surface area contributed by atoms with Gasteiger partial charge in [-0.3, -0.25) is 9.36 Å². The van der Waals surface area contributed by atoms with E-state index in [0.29, 0.717) is 16.8 Å². The number of hydrogen-bond acceptors (Lipinski definition) is 5. The molecule has 4 rings (SSSR count). The minimum atomic E-state index is -0.154. The van der Waals surface area contributed by atoms with Crippen molar-refractivity contribution < 1.29 is 9.53 Å². The molecule has 0 saturated carbocycles. The van der Waals surface area contributed by atoms with Crippen LogP contribution in [0, 0.1) is 5.92 Å². The van der Waals surface area contributed by atoms with Crippen molar-refractivity contribution in [1.82, 2.24) is 14.8 Å². The molecule has 1 atom stereocenters. The summed E-state index contributed by atoms with van der Waals surface area (Å²) in [5, 5.41) is 9.83. The molecule has 0 radical (unpaired) electrons. The van der Waals surface area contributed by atoms with E-state index < -0.39 is 0 Å². The Morgan fingerprint density at radius 3 is 2.19 bits per heavy atom. The zero-order valence-corrected chi connectivity index (χ0v) is 22.3. The summed E-state index contributed by atoms with van der Waals surface area (Å²) in [6.45, 7) is 8.56. The maximum Gasteiger partial charge on any atom is 0.196 e. The van der Waals surface area contributed by atoms with Crippen LogP contribution in [0.2, 0.25) is 0 Å². The van der Waals surface area contributed by atoms with Crippen LogP contribution in [0.15, 0.2) is 84.0 Å². The number of aromatic nitrogens is 3. The molecule has 0 spiro atoms. The van der Waals surface area contributed by atoms with Crippen molar-refractivity contribution in [1.29, 1.82) is 0 Å². The predicted octanol–water partition coefficient (Wildman–Crippen LogP) is 7.17. The number of benzene rings is 3. The molecule has 1 unspecified atom stereocenters. The zero-order valence-electron chi connectivity index (χ0n) is 21.5. The van der Waals surface area contributed by atoms with Crippen LogP contribution in [-0.2, 0) is 4.79 Å². The molecule has 0 aliphatic rings. The van der Waals surface area contributed by atoms with Gasteiger partial charge in [0.05, 0.1) is 18.6 Å². The third-order valence-electron chi connectivity index (χ3n) is 6.30. The molecule has 0 aliphatic heterocycles. The normalized spacial score (nSPS) is 12.2. The minimum absolute atomic E-state index is 0.154. The second-order valence-electron chi connectivity index (χ2n) is 9.47. The molecule has 186 valence electrons. The highest BCUT2D eigenvalue weighted by Crippen LogP contribution is 2.34. The van der Waals surface area contributed by atoms with E-state index in [2.05, 4.69) is 60.7 Å². The summed E-state index contributed by atoms with van der Waals surface area (Å²) in [7, 11) is 1.65. The van der Waals surface area contributed by atoms with Crippen molar-refractivity contribution in [2.45, 2.75) is 44.7 Å². The standard InChI is InChI=1S/C30H33N3O2S/c1-20(2)25-13-9-10-14-26(25)33-29(23-15-17-24(35-5)18-16-23)31-32-30(33)36-19-27(34)28(21(3)4)22-11-7-6-8-12-22/h6-18,20-21,28H,19H2,1-5H3. The lowest BCUT2D eigenvalue weighted by Gasteiger charge is -2.20. The maximum absolute atomic E-state index is 13.4. The quantitative estimate of drug-likeness (QED) is 0.217. The summed E-state index contributed by atoms with van der Waals surface area (Å²) >= 11 is 1.45. The fourth-order valence-electron chi connectivity index (χ4n) is 4.52. The van der Waals surface area contributed by atoms with Crippen LogP contribution in [0.1, 0.15) is 50.7 Å². The van der Waals surface area contributed by atoms with Crippen LogP contribution in [0.5, 0.6) is 5.75 Å². The Kier molecular flexibility index (Phi) is 8.26. The number of ketones is 1. The molecule has 0 N–H and O–H groups in total. The van der Waals surface area contributed by atoms with Crippen molar-refractivity contribution in [2.75, 3.05) is 12.9 Å². The monoisotopic (exact) mass is 499 g/mol. The van der Waals surface area contributed by atoms with E-state index in [0.717, 1.165) is 28.4 Å². The third kappa shape index (κ3) is 5.54. The van der Waals surface area contributed by atoms with Gasteiger partial charge in [0.15, 0.2) is 16.8 Å². The predicted molar refractivity (Wildman–Crippen MR) is 147 cm³/mol. The summed E-state index contributed by atoms with van der Waals surface area (Å²) in [5.41, 5.74) is 4.22. The molecule has 4 aromatic rings. The summed E-state index contributed by atoms with van der Waals surface area (Å²) in [6.07, 6.45) is 0. The highest BCUT2D eigenvalue weighted by molar-refractivity contribution is 7.99. The van der Waals surface area contributed by atoms with E-state index in [1.165, 1.54) is 17.3 Å². The van der Waals surface area contributed by atoms with Gasteiger partial charge in [-0.2, -0.15) is 0 Å². The van der Waals surface area contributed by atoms with Gasteiger partial charge in [-0.1, -0.05) is 88.0 Å². The number of para-hydroxylation sites is 1. The molecule has 1 heterocycles. The topological polar surface area (TPSA) is 57.0 Å². The average Bonchev–Trinajstić information content (AvgIpc) is 3.31. The lowest BCUT2D eigenvalue weighted by atomic mass is 9.85. The number of thioether (sulfide) groups is 1. The molecule has 5 nitrogen and oxygen atoms in total. The van der Waals surface area contributed by atoms with Gasteiger partial charge in [0, 0.05) is 11.5 Å². The Labute approximate surface area is 217 Å². The van der Waals surface area contributed by atoms with Crippen LogP contribution in [0.25, 0.3) is 17.1 Å². The van der Waals surface area contributed by atoms with Crippen LogP contribution in [0.3, 0.4) is 0 Å². The van der Waals surface area contributed by atoms with Gasteiger partial charge in [0.2, 0.25) is 0 Å². The summed E-state index contributed by atoms with van der Waals surface area (Å²) < 4.78 is 7.42. The fourth-order valence-corrected chi connectivity index (χ4v) is 5.38. The minimum Gasteiger partial charge on any atom is -0.497 e. The lowest BCUT2D eigenvalue weighted by Crippen LogP contribution is -2.20. The molecular weight excluding hydrogens is 466 g/mol. The summed E-state index contributed by atoms with van der Waals surface area (Å²) in [4.78, 5) is 13.4. The molecular formula is C30H33N3O2S. The van der Waals surface area contributed by atoms with Crippen LogP contribution >= 0.6 is 11.8 Å². The molecule has 0 amide bonds. The highest BCUT2D eigenvalue weighted by atomic mass is 32.2. The Bertz CT molecular complexity index is 1300. The third-order valence-corrected chi connectivity index (χ3v) is 7.25. The summed E-state index contributed by atoms with van der Waals surface area (Å²) in [6, 6.07) is 26.2. The first-order valence-corrected chi connectivity index (χ1v) is 13.3. The van der Waals surface area contributed by atoms with Crippen molar-refractivity contribution >= 4 is 17.5 Å². The molecule has 0 fully saturated rings. The Morgan fingerprint density at radius 1 is 0.889 bits per heavy atom. The van der Waals surface area contributed by atoms with E-state index in [-0.39, 0.29) is 17.6 Å². The number of ether oxygens (including phenoxy) is 1. The Morgan fingerprint density at radius 2 is 1.56 bits per heavy atom. The molecule has 3 aromatic carbocycles. The Hall–Kier alpha value is -3.38. The zero-order chi connectivity index (χ0) is 25.7. The van der Waals surface area contributed by atoms with Gasteiger partial charge < -0.3 is 4.74 Å². The lowest BCUT2D eigenvalue weighted by molar-refractivity contribution is -0.118. The van der Waals surface area contributed by atoms with Crippen LogP contribution in [0.4, 0.5) is 0 Å². The second-order valence-corrected chi connectivity index (χ2v) is 10.4. The van der Waals surface area contributed by atoms with Gasteiger partial charge in [-0.05, 0) is 53.3 Å². The van der Waals surface area contributed by atoms with E-state index >= 15 is 0 Å². The van der Waals surface area contributed by atoms with Crippen molar-refractivity contribution in [3.05, 3.63) is 90.0 Å². The fraction of sp³-hybridized carbons (Fsp3) is 0.300. The van der Waals surface area contributed by atoms with Crippen molar-refractivity contribution in [3.63, 3.8) is 0 Å². The number of Topliss-reactive ketones (excluding diaryl/α,β-unsaturated/α-hetero) is 1. The van der Waals surface area contributed by atoms with E-state index in [4.69, 9.17) is 4.74 Å². The van der Waals surface area contributed by atoms with Gasteiger partial charge in [0.1, 0.15) is 5.75 Å². The molecule has 36 heavy (non-hydrogen) atoms. The molecule has 6 heteroatoms. The smallest absolute Gasteiger partial charge is 0.196 e. The van der Waals surface area contributed by atoms with Gasteiger partial charge in [-0.15, -0.1) is 10.2 Å². The van der Waals surface area contributed by atoms with Gasteiger partial charge in [0.25, 0.3) is 0 Å². The van der Waals surface area contributed by atoms with E-state index in [9.17, 15) is 4.79 Å². The number of hydrogen-bond donors (Lipinski definition) is 0. The largest absolute Gasteiger partial charge is 0.497 e. The van der Waals surface area contributed by atoms with Crippen molar-refractivity contribution in [3.8, 4) is 22.8 Å². The maximum atomic E-state index is 13.4. The van der Waals surface area contributed by atoms with Crippen LogP contribution < -0.4 is 4.74 Å². The first-order valence-electron chi connectivity index (χ1n) is 12.3. The Balaban J connectivity index is 1.72. The highest BCUT2D eigenvalue weighted by Gasteiger charge is 2.26.